The van der Waals surface area contributed by atoms with Crippen molar-refractivity contribution in [3.63, 3.8) is 0 Å². The Kier molecular flexibility index (Phi) is 5.05. The molecule has 0 bridgehead atoms. The average molecular weight is 326 g/mol. The largest absolute Gasteiger partial charge is 0.328 e. The van der Waals surface area contributed by atoms with E-state index >= 15 is 0 Å². The Balaban J connectivity index is 2.60. The minimum Gasteiger partial charge on any atom is -0.328 e. The molecule has 0 aliphatic heterocycles. The minimum absolute atomic E-state index is 0.0832. The van der Waals surface area contributed by atoms with E-state index in [1.165, 1.54) is 22.1 Å². The number of rotatable bonds is 5. The molecular formula is C21H31N3. The van der Waals surface area contributed by atoms with Gasteiger partial charge in [-0.05, 0) is 50.6 Å². The molecule has 0 saturated heterocycles. The minimum atomic E-state index is 0.0832. The number of aryl methyl sites for hydroxylation is 1. The number of pyridine rings is 1. The van der Waals surface area contributed by atoms with Crippen LogP contribution in [0.2, 0.25) is 0 Å². The predicted octanol–water partition coefficient (Wildman–Crippen LogP) is 5.04. The zero-order chi connectivity index (χ0) is 18.2. The van der Waals surface area contributed by atoms with Crippen molar-refractivity contribution >= 4 is 16.6 Å². The second kappa shape index (κ2) is 6.56. The topological polar surface area (TPSA) is 21.1 Å². The first-order valence-electron chi connectivity index (χ1n) is 8.49. The first-order chi connectivity index (χ1) is 11.0. The summed E-state index contributed by atoms with van der Waals surface area (Å²) in [6, 6.07) is 2.28. The van der Waals surface area contributed by atoms with Crippen LogP contribution in [-0.4, -0.2) is 28.5 Å². The van der Waals surface area contributed by atoms with Crippen LogP contribution >= 0.6 is 0 Å². The van der Waals surface area contributed by atoms with Gasteiger partial charge < -0.3 is 9.47 Å². The molecule has 0 atom stereocenters. The van der Waals surface area contributed by atoms with Crippen LogP contribution in [0.5, 0.6) is 0 Å². The van der Waals surface area contributed by atoms with Gasteiger partial charge in [0.05, 0.1) is 0 Å². The first-order valence-corrected chi connectivity index (χ1v) is 8.49. The van der Waals surface area contributed by atoms with Gasteiger partial charge in [-0.2, -0.15) is 0 Å². The molecule has 2 heterocycles. The molecule has 2 aromatic rings. The van der Waals surface area contributed by atoms with Crippen molar-refractivity contribution in [2.45, 2.75) is 47.7 Å². The molecule has 0 saturated carbocycles. The molecule has 2 rings (SSSR count). The van der Waals surface area contributed by atoms with Gasteiger partial charge in [-0.15, -0.1) is 0 Å². The van der Waals surface area contributed by atoms with Crippen LogP contribution < -0.4 is 0 Å². The van der Waals surface area contributed by atoms with Crippen LogP contribution in [0, 0.1) is 12.3 Å². The zero-order valence-electron chi connectivity index (χ0n) is 16.3. The molecule has 0 N–H and O–H groups in total. The monoisotopic (exact) mass is 325 g/mol. The third-order valence-electron chi connectivity index (χ3n) is 4.51. The van der Waals surface area contributed by atoms with Crippen LogP contribution in [-0.2, 0) is 13.1 Å². The molecule has 3 nitrogen and oxygen atoms in total. The van der Waals surface area contributed by atoms with Crippen molar-refractivity contribution < 1.29 is 0 Å². The van der Waals surface area contributed by atoms with Gasteiger partial charge >= 0.3 is 0 Å². The number of hydrogen-bond donors (Lipinski definition) is 0. The lowest BCUT2D eigenvalue weighted by Gasteiger charge is -2.22. The van der Waals surface area contributed by atoms with Crippen molar-refractivity contribution in [3.05, 3.63) is 47.8 Å². The number of hydrogen-bond acceptors (Lipinski definition) is 2. The molecule has 0 aromatic carbocycles. The van der Waals surface area contributed by atoms with Crippen molar-refractivity contribution in [1.82, 2.24) is 14.5 Å². The molecule has 3 heteroatoms. The molecule has 0 amide bonds. The quantitative estimate of drug-likeness (QED) is 0.718. The summed E-state index contributed by atoms with van der Waals surface area (Å²) in [4.78, 5) is 7.10. The smallest absolute Gasteiger partial charge is 0.141 e. The van der Waals surface area contributed by atoms with Crippen LogP contribution in [0.15, 0.2) is 31.0 Å². The predicted molar refractivity (Wildman–Crippen MR) is 105 cm³/mol. The van der Waals surface area contributed by atoms with Gasteiger partial charge in [-0.3, -0.25) is 0 Å². The van der Waals surface area contributed by atoms with Crippen molar-refractivity contribution in [2.75, 3.05) is 14.1 Å². The lowest BCUT2D eigenvalue weighted by Crippen LogP contribution is -2.14. The summed E-state index contributed by atoms with van der Waals surface area (Å²) in [5.41, 5.74) is 6.91. The fraction of sp³-hybridized carbons (Fsp3) is 0.476. The van der Waals surface area contributed by atoms with E-state index < -0.39 is 0 Å². The van der Waals surface area contributed by atoms with E-state index in [-0.39, 0.29) is 5.41 Å². The van der Waals surface area contributed by atoms with Gasteiger partial charge in [0.2, 0.25) is 0 Å². The van der Waals surface area contributed by atoms with Gasteiger partial charge in [-0.25, -0.2) is 4.98 Å². The van der Waals surface area contributed by atoms with Crippen LogP contribution in [0.25, 0.3) is 16.6 Å². The third kappa shape index (κ3) is 3.78. The summed E-state index contributed by atoms with van der Waals surface area (Å²) in [6.07, 6.45) is 2.18. The van der Waals surface area contributed by atoms with Crippen LogP contribution in [0.4, 0.5) is 0 Å². The van der Waals surface area contributed by atoms with Gasteiger partial charge in [0.1, 0.15) is 5.65 Å². The van der Waals surface area contributed by atoms with Crippen molar-refractivity contribution in [3.8, 4) is 0 Å². The number of aromatic nitrogens is 2. The van der Waals surface area contributed by atoms with Crippen LogP contribution in [0.3, 0.4) is 0 Å². The lowest BCUT2D eigenvalue weighted by atomic mass is 9.87. The summed E-state index contributed by atoms with van der Waals surface area (Å²) in [5, 5.41) is 1.19. The Morgan fingerprint density at radius 3 is 2.38 bits per heavy atom. The van der Waals surface area contributed by atoms with Gasteiger partial charge in [0.25, 0.3) is 0 Å². The van der Waals surface area contributed by atoms with E-state index in [0.717, 1.165) is 30.0 Å². The Morgan fingerprint density at radius 1 is 1.25 bits per heavy atom. The summed E-state index contributed by atoms with van der Waals surface area (Å²) in [7, 11) is 4.17. The van der Waals surface area contributed by atoms with Gasteiger partial charge in [0, 0.05) is 35.9 Å². The summed E-state index contributed by atoms with van der Waals surface area (Å²) in [5.74, 6) is 0. The van der Waals surface area contributed by atoms with Crippen molar-refractivity contribution in [1.29, 1.82) is 0 Å². The number of fused-ring (bicyclic) bond motifs is 1. The van der Waals surface area contributed by atoms with Gasteiger partial charge in [-0.1, -0.05) is 39.5 Å². The lowest BCUT2D eigenvalue weighted by molar-refractivity contribution is 0.401. The Bertz CT molecular complexity index is 785. The zero-order valence-corrected chi connectivity index (χ0v) is 16.3. The summed E-state index contributed by atoms with van der Waals surface area (Å²) in [6.45, 7) is 20.9. The average Bonchev–Trinajstić information content (AvgIpc) is 2.76. The first kappa shape index (κ1) is 18.5. The highest BCUT2D eigenvalue weighted by molar-refractivity contribution is 5.90. The van der Waals surface area contributed by atoms with E-state index in [2.05, 4.69) is 83.6 Å². The molecule has 0 radical (unpaired) electrons. The molecule has 0 spiro atoms. The Labute approximate surface area is 146 Å². The normalized spacial score (nSPS) is 12.2. The molecular weight excluding hydrogens is 294 g/mol. The molecule has 0 unspecified atom stereocenters. The summed E-state index contributed by atoms with van der Waals surface area (Å²) < 4.78 is 2.22. The number of allylic oxidation sites excluding steroid dienone is 2. The maximum absolute atomic E-state index is 4.92. The highest BCUT2D eigenvalue weighted by Gasteiger charge is 2.19. The Morgan fingerprint density at radius 2 is 1.88 bits per heavy atom. The van der Waals surface area contributed by atoms with E-state index in [1.54, 1.807) is 0 Å². The maximum Gasteiger partial charge on any atom is 0.141 e. The SMILES string of the molecule is C=C(C)c1cn(CC(=C)C(C)(C)C)c2nc(C)c(CN(C)C)cc12. The molecule has 0 aliphatic carbocycles. The highest BCUT2D eigenvalue weighted by Crippen LogP contribution is 2.31. The van der Waals surface area contributed by atoms with Crippen LogP contribution in [0.1, 0.15) is 44.5 Å². The molecule has 24 heavy (non-hydrogen) atoms. The molecule has 0 fully saturated rings. The molecule has 130 valence electrons. The van der Waals surface area contributed by atoms with E-state index in [1.807, 2.05) is 0 Å². The molecule has 0 aliphatic rings. The molecule has 2 aromatic heterocycles. The fourth-order valence-electron chi connectivity index (χ4n) is 2.74. The second-order valence-electron chi connectivity index (χ2n) is 8.15. The summed E-state index contributed by atoms with van der Waals surface area (Å²) >= 11 is 0. The number of nitrogens with zero attached hydrogens (tertiary/aromatic N) is 3. The standard InChI is InChI=1S/C21H31N3/c1-14(2)19-13-24(11-15(3)21(5,6)7)20-18(19)10-17(12-23(8)9)16(4)22-20/h10,13H,1,3,11-12H2,2,4-9H3. The van der Waals surface area contributed by atoms with E-state index in [4.69, 9.17) is 4.98 Å². The van der Waals surface area contributed by atoms with E-state index in [0.29, 0.717) is 0 Å². The third-order valence-corrected chi connectivity index (χ3v) is 4.51. The fourth-order valence-corrected chi connectivity index (χ4v) is 2.74. The Hall–Kier alpha value is -1.87. The maximum atomic E-state index is 4.92. The second-order valence-corrected chi connectivity index (χ2v) is 8.15. The highest BCUT2D eigenvalue weighted by atomic mass is 15.1. The van der Waals surface area contributed by atoms with E-state index in [9.17, 15) is 0 Å². The van der Waals surface area contributed by atoms with Gasteiger partial charge in [0.15, 0.2) is 0 Å². The van der Waals surface area contributed by atoms with Crippen molar-refractivity contribution in [2.24, 2.45) is 5.41 Å².